The normalized spacial score (nSPS) is 17.9. The van der Waals surface area contributed by atoms with Gasteiger partial charge in [-0.2, -0.15) is 0 Å². The number of halogens is 1. The standard InChI is InChI=1S/C15H15BrN2OS/c1-2-12-11-5-8-20-13(11)4-7-18(12)15(19)10-3-6-17-14(16)9-10/h3,5-6,8-9,12H,2,4,7H2,1H3. The minimum Gasteiger partial charge on any atom is -0.331 e. The van der Waals surface area contributed by atoms with Crippen molar-refractivity contribution in [3.8, 4) is 0 Å². The number of carbonyl (C=O) groups is 1. The van der Waals surface area contributed by atoms with Crippen LogP contribution in [-0.4, -0.2) is 22.3 Å². The van der Waals surface area contributed by atoms with Gasteiger partial charge in [-0.1, -0.05) is 6.92 Å². The van der Waals surface area contributed by atoms with Crippen LogP contribution in [0.1, 0.15) is 40.2 Å². The zero-order chi connectivity index (χ0) is 14.1. The summed E-state index contributed by atoms with van der Waals surface area (Å²) in [4.78, 5) is 20.2. The van der Waals surface area contributed by atoms with Gasteiger partial charge >= 0.3 is 0 Å². The fraction of sp³-hybridized carbons (Fsp3) is 0.333. The van der Waals surface area contributed by atoms with Gasteiger partial charge in [0.05, 0.1) is 6.04 Å². The zero-order valence-electron chi connectivity index (χ0n) is 11.2. The molecule has 0 aromatic carbocycles. The van der Waals surface area contributed by atoms with Crippen molar-refractivity contribution in [2.75, 3.05) is 6.54 Å². The highest BCUT2D eigenvalue weighted by Gasteiger charge is 2.30. The average Bonchev–Trinajstić information content (AvgIpc) is 2.93. The molecular weight excluding hydrogens is 336 g/mol. The van der Waals surface area contributed by atoms with Crippen LogP contribution in [0.15, 0.2) is 34.4 Å². The Morgan fingerprint density at radius 1 is 1.55 bits per heavy atom. The zero-order valence-corrected chi connectivity index (χ0v) is 13.6. The van der Waals surface area contributed by atoms with E-state index in [4.69, 9.17) is 0 Å². The Bertz CT molecular complexity index is 640. The largest absolute Gasteiger partial charge is 0.331 e. The molecule has 0 radical (unpaired) electrons. The number of aromatic nitrogens is 1. The van der Waals surface area contributed by atoms with Crippen molar-refractivity contribution < 1.29 is 4.79 Å². The second-order valence-corrected chi connectivity index (χ2v) is 6.65. The molecule has 3 heterocycles. The van der Waals surface area contributed by atoms with Crippen LogP contribution < -0.4 is 0 Å². The first kappa shape index (κ1) is 13.8. The minimum absolute atomic E-state index is 0.0943. The quantitative estimate of drug-likeness (QED) is 0.765. The van der Waals surface area contributed by atoms with E-state index in [1.807, 2.05) is 4.90 Å². The van der Waals surface area contributed by atoms with E-state index in [1.165, 1.54) is 10.4 Å². The predicted molar refractivity (Wildman–Crippen MR) is 84.0 cm³/mol. The second kappa shape index (κ2) is 5.66. The first-order valence-electron chi connectivity index (χ1n) is 6.69. The lowest BCUT2D eigenvalue weighted by molar-refractivity contribution is 0.0657. The monoisotopic (exact) mass is 350 g/mol. The number of amides is 1. The van der Waals surface area contributed by atoms with E-state index >= 15 is 0 Å². The highest BCUT2D eigenvalue weighted by molar-refractivity contribution is 9.10. The van der Waals surface area contributed by atoms with Gasteiger partial charge in [-0.15, -0.1) is 11.3 Å². The summed E-state index contributed by atoms with van der Waals surface area (Å²) in [6, 6.07) is 5.93. The molecule has 0 fully saturated rings. The number of carbonyl (C=O) groups excluding carboxylic acids is 1. The van der Waals surface area contributed by atoms with E-state index in [0.29, 0.717) is 10.2 Å². The van der Waals surface area contributed by atoms with Crippen LogP contribution in [0.5, 0.6) is 0 Å². The number of rotatable bonds is 2. The van der Waals surface area contributed by atoms with E-state index in [-0.39, 0.29) is 11.9 Å². The minimum atomic E-state index is 0.0943. The van der Waals surface area contributed by atoms with Crippen molar-refractivity contribution in [1.82, 2.24) is 9.88 Å². The number of nitrogens with zero attached hydrogens (tertiary/aromatic N) is 2. The molecule has 1 atom stereocenters. The molecule has 1 unspecified atom stereocenters. The van der Waals surface area contributed by atoms with Crippen molar-refractivity contribution in [2.45, 2.75) is 25.8 Å². The molecule has 0 saturated heterocycles. The molecule has 1 amide bonds. The number of thiophene rings is 1. The SMILES string of the molecule is CCC1c2ccsc2CCN1C(=O)c1ccnc(Br)c1. The molecule has 0 N–H and O–H groups in total. The molecule has 0 aliphatic carbocycles. The van der Waals surface area contributed by atoms with Gasteiger partial charge in [-0.05, 0) is 57.9 Å². The van der Waals surface area contributed by atoms with Crippen LogP contribution in [-0.2, 0) is 6.42 Å². The average molecular weight is 351 g/mol. The number of hydrogen-bond donors (Lipinski definition) is 0. The summed E-state index contributed by atoms with van der Waals surface area (Å²) >= 11 is 5.13. The topological polar surface area (TPSA) is 33.2 Å². The van der Waals surface area contributed by atoms with Gasteiger partial charge in [0.1, 0.15) is 4.60 Å². The van der Waals surface area contributed by atoms with Gasteiger partial charge in [0.15, 0.2) is 0 Å². The molecule has 104 valence electrons. The fourth-order valence-electron chi connectivity index (χ4n) is 2.78. The molecule has 1 aliphatic heterocycles. The van der Waals surface area contributed by atoms with Crippen LogP contribution >= 0.6 is 27.3 Å². The van der Waals surface area contributed by atoms with Crippen LogP contribution in [0.25, 0.3) is 0 Å². The summed E-state index contributed by atoms with van der Waals surface area (Å²) in [5, 5.41) is 2.13. The van der Waals surface area contributed by atoms with Crippen molar-refractivity contribution in [1.29, 1.82) is 0 Å². The molecule has 2 aromatic rings. The third-order valence-electron chi connectivity index (χ3n) is 3.72. The molecule has 2 aromatic heterocycles. The molecule has 0 spiro atoms. The number of pyridine rings is 1. The van der Waals surface area contributed by atoms with Crippen molar-refractivity contribution >= 4 is 33.2 Å². The summed E-state index contributed by atoms with van der Waals surface area (Å²) < 4.78 is 0.699. The third kappa shape index (κ3) is 2.40. The summed E-state index contributed by atoms with van der Waals surface area (Å²) in [7, 11) is 0. The van der Waals surface area contributed by atoms with Crippen LogP contribution in [0.3, 0.4) is 0 Å². The molecule has 1 aliphatic rings. The Morgan fingerprint density at radius 3 is 3.15 bits per heavy atom. The van der Waals surface area contributed by atoms with Crippen molar-refractivity contribution in [3.05, 3.63) is 50.4 Å². The fourth-order valence-corrected chi connectivity index (χ4v) is 4.07. The summed E-state index contributed by atoms with van der Waals surface area (Å²) in [6.07, 6.45) is 3.57. The highest BCUT2D eigenvalue weighted by atomic mass is 79.9. The van der Waals surface area contributed by atoms with Gasteiger partial charge in [0.2, 0.25) is 0 Å². The first-order chi connectivity index (χ1) is 9.70. The third-order valence-corrected chi connectivity index (χ3v) is 5.15. The van der Waals surface area contributed by atoms with E-state index in [2.05, 4.69) is 39.3 Å². The Balaban J connectivity index is 1.92. The molecule has 0 bridgehead atoms. The summed E-state index contributed by atoms with van der Waals surface area (Å²) in [5.74, 6) is 0.0943. The Hall–Kier alpha value is -1.20. The van der Waals surface area contributed by atoms with Gasteiger partial charge in [0, 0.05) is 23.2 Å². The molecular formula is C15H15BrN2OS. The lowest BCUT2D eigenvalue weighted by Gasteiger charge is -2.35. The predicted octanol–water partition coefficient (Wildman–Crippen LogP) is 4.06. The summed E-state index contributed by atoms with van der Waals surface area (Å²) in [5.41, 5.74) is 2.02. The van der Waals surface area contributed by atoms with E-state index < -0.39 is 0 Å². The van der Waals surface area contributed by atoms with Crippen molar-refractivity contribution in [2.24, 2.45) is 0 Å². The molecule has 3 rings (SSSR count). The van der Waals surface area contributed by atoms with E-state index in [9.17, 15) is 4.79 Å². The van der Waals surface area contributed by atoms with Gasteiger partial charge in [-0.25, -0.2) is 4.98 Å². The van der Waals surface area contributed by atoms with Crippen LogP contribution in [0.2, 0.25) is 0 Å². The maximum absolute atomic E-state index is 12.7. The Labute approximate surface area is 130 Å². The second-order valence-electron chi connectivity index (χ2n) is 4.84. The van der Waals surface area contributed by atoms with Gasteiger partial charge in [0.25, 0.3) is 5.91 Å². The molecule has 20 heavy (non-hydrogen) atoms. The van der Waals surface area contributed by atoms with E-state index in [0.717, 1.165) is 19.4 Å². The van der Waals surface area contributed by atoms with Gasteiger partial charge in [-0.3, -0.25) is 4.79 Å². The smallest absolute Gasteiger partial charge is 0.254 e. The summed E-state index contributed by atoms with van der Waals surface area (Å²) in [6.45, 7) is 2.94. The first-order valence-corrected chi connectivity index (χ1v) is 8.36. The van der Waals surface area contributed by atoms with Crippen molar-refractivity contribution in [3.63, 3.8) is 0 Å². The van der Waals surface area contributed by atoms with Crippen LogP contribution in [0, 0.1) is 0 Å². The number of hydrogen-bond acceptors (Lipinski definition) is 3. The Kier molecular flexibility index (Phi) is 3.89. The van der Waals surface area contributed by atoms with Gasteiger partial charge < -0.3 is 4.90 Å². The van der Waals surface area contributed by atoms with E-state index in [1.54, 1.807) is 29.7 Å². The maximum Gasteiger partial charge on any atom is 0.254 e. The van der Waals surface area contributed by atoms with Crippen LogP contribution in [0.4, 0.5) is 0 Å². The molecule has 0 saturated carbocycles. The number of fused-ring (bicyclic) bond motifs is 1. The molecule has 3 nitrogen and oxygen atoms in total. The lowest BCUT2D eigenvalue weighted by atomic mass is 9.97. The Morgan fingerprint density at radius 2 is 2.40 bits per heavy atom. The lowest BCUT2D eigenvalue weighted by Crippen LogP contribution is -2.39. The highest BCUT2D eigenvalue weighted by Crippen LogP contribution is 2.36. The maximum atomic E-state index is 12.7. The molecule has 5 heteroatoms.